The predicted molar refractivity (Wildman–Crippen MR) is 88.7 cm³/mol. The number of hydrogen-bond donors (Lipinski definition) is 1. The minimum Gasteiger partial charge on any atom is -0.368 e. The molecule has 0 bridgehead atoms. The highest BCUT2D eigenvalue weighted by atomic mass is 35.5. The van der Waals surface area contributed by atoms with Crippen molar-refractivity contribution in [3.05, 3.63) is 28.8 Å². The molecule has 2 rings (SSSR count). The highest BCUT2D eigenvalue weighted by Gasteiger charge is 2.24. The van der Waals surface area contributed by atoms with Crippen LogP contribution in [0.15, 0.2) is 18.2 Å². The summed E-state index contributed by atoms with van der Waals surface area (Å²) in [5, 5.41) is 4.31. The molecule has 1 aromatic carbocycles. The van der Waals surface area contributed by atoms with Gasteiger partial charge in [0.25, 0.3) is 0 Å². The van der Waals surface area contributed by atoms with E-state index in [1.165, 1.54) is 49.9 Å². The highest BCUT2D eigenvalue weighted by molar-refractivity contribution is 6.31. The quantitative estimate of drug-likeness (QED) is 0.824. The van der Waals surface area contributed by atoms with E-state index in [4.69, 9.17) is 11.6 Å². The normalized spacial score (nSPS) is 19.4. The fourth-order valence-electron chi connectivity index (χ4n) is 3.19. The molecule has 0 amide bonds. The summed E-state index contributed by atoms with van der Waals surface area (Å²) in [6.45, 7) is 7.43. The Hall–Kier alpha value is -0.730. The summed E-state index contributed by atoms with van der Waals surface area (Å²) < 4.78 is 0. The lowest BCUT2D eigenvalue weighted by Crippen LogP contribution is -2.40. The third-order valence-corrected chi connectivity index (χ3v) is 4.56. The first kappa shape index (κ1) is 15.7. The van der Waals surface area contributed by atoms with Gasteiger partial charge in [0.2, 0.25) is 0 Å². The second kappa shape index (κ2) is 7.90. The van der Waals surface area contributed by atoms with Crippen LogP contribution in [0.1, 0.15) is 51.5 Å². The van der Waals surface area contributed by atoms with Crippen LogP contribution >= 0.6 is 11.6 Å². The zero-order chi connectivity index (χ0) is 14.4. The summed E-state index contributed by atoms with van der Waals surface area (Å²) in [4.78, 5) is 2.60. The van der Waals surface area contributed by atoms with Gasteiger partial charge in [0, 0.05) is 35.4 Å². The van der Waals surface area contributed by atoms with E-state index in [9.17, 15) is 0 Å². The van der Waals surface area contributed by atoms with Crippen LogP contribution in [0.2, 0.25) is 5.02 Å². The zero-order valence-electron chi connectivity index (χ0n) is 12.8. The van der Waals surface area contributed by atoms with E-state index in [0.29, 0.717) is 6.04 Å². The zero-order valence-corrected chi connectivity index (χ0v) is 13.5. The minimum absolute atomic E-state index is 0.688. The largest absolute Gasteiger partial charge is 0.368 e. The Morgan fingerprint density at radius 3 is 2.90 bits per heavy atom. The van der Waals surface area contributed by atoms with Crippen LogP contribution < -0.4 is 10.2 Å². The van der Waals surface area contributed by atoms with Gasteiger partial charge in [-0.15, -0.1) is 0 Å². The molecule has 0 aromatic heterocycles. The third kappa shape index (κ3) is 3.67. The maximum absolute atomic E-state index is 6.44. The second-order valence-electron chi connectivity index (χ2n) is 5.65. The van der Waals surface area contributed by atoms with Crippen molar-refractivity contribution in [2.45, 2.75) is 58.5 Å². The maximum atomic E-state index is 6.44. The smallest absolute Gasteiger partial charge is 0.0471 e. The number of nitrogens with zero attached hydrogens (tertiary/aromatic N) is 1. The van der Waals surface area contributed by atoms with Gasteiger partial charge in [-0.05, 0) is 44.4 Å². The summed E-state index contributed by atoms with van der Waals surface area (Å²) in [6, 6.07) is 7.03. The van der Waals surface area contributed by atoms with E-state index in [-0.39, 0.29) is 0 Å². The van der Waals surface area contributed by atoms with Gasteiger partial charge >= 0.3 is 0 Å². The van der Waals surface area contributed by atoms with Gasteiger partial charge in [0.05, 0.1) is 0 Å². The molecule has 112 valence electrons. The summed E-state index contributed by atoms with van der Waals surface area (Å²) in [5.74, 6) is 0. The SMILES string of the molecule is CCCC1CCCCN1c1cccc(Cl)c1CNCC. The van der Waals surface area contributed by atoms with Crippen molar-refractivity contribution in [1.82, 2.24) is 5.32 Å². The topological polar surface area (TPSA) is 15.3 Å². The number of anilines is 1. The molecule has 1 N–H and O–H groups in total. The number of nitrogens with one attached hydrogen (secondary N) is 1. The van der Waals surface area contributed by atoms with E-state index in [2.05, 4.69) is 36.2 Å². The van der Waals surface area contributed by atoms with Gasteiger partial charge < -0.3 is 10.2 Å². The van der Waals surface area contributed by atoms with E-state index >= 15 is 0 Å². The predicted octanol–water partition coefficient (Wildman–Crippen LogP) is 4.61. The minimum atomic E-state index is 0.688. The molecular formula is C17H27ClN2. The lowest BCUT2D eigenvalue weighted by atomic mass is 9.96. The lowest BCUT2D eigenvalue weighted by Gasteiger charge is -2.39. The summed E-state index contributed by atoms with van der Waals surface area (Å²) in [5.41, 5.74) is 2.61. The molecule has 2 nitrogen and oxygen atoms in total. The monoisotopic (exact) mass is 294 g/mol. The Balaban J connectivity index is 2.26. The molecule has 1 fully saturated rings. The van der Waals surface area contributed by atoms with Crippen molar-refractivity contribution in [2.75, 3.05) is 18.0 Å². The van der Waals surface area contributed by atoms with Crippen molar-refractivity contribution in [1.29, 1.82) is 0 Å². The van der Waals surface area contributed by atoms with Crippen LogP contribution in [0, 0.1) is 0 Å². The molecule has 0 spiro atoms. The molecule has 0 saturated carbocycles. The Morgan fingerprint density at radius 1 is 1.30 bits per heavy atom. The van der Waals surface area contributed by atoms with Gasteiger partial charge in [-0.3, -0.25) is 0 Å². The van der Waals surface area contributed by atoms with Crippen LogP contribution in [-0.4, -0.2) is 19.1 Å². The first-order valence-corrected chi connectivity index (χ1v) is 8.40. The molecule has 3 heteroatoms. The van der Waals surface area contributed by atoms with Gasteiger partial charge in [0.1, 0.15) is 0 Å². The van der Waals surface area contributed by atoms with Crippen LogP contribution in [0.5, 0.6) is 0 Å². The summed E-state index contributed by atoms with van der Waals surface area (Å²) >= 11 is 6.44. The molecule has 1 heterocycles. The van der Waals surface area contributed by atoms with Crippen molar-refractivity contribution in [2.24, 2.45) is 0 Å². The Kier molecular flexibility index (Phi) is 6.18. The standard InChI is InChI=1S/C17H27ClN2/c1-3-8-14-9-5-6-12-20(14)17-11-7-10-16(18)15(17)13-19-4-2/h7,10-11,14,19H,3-6,8-9,12-13H2,1-2H3. The molecule has 0 aliphatic carbocycles. The molecule has 0 radical (unpaired) electrons. The molecule has 1 aliphatic rings. The average Bonchev–Trinajstić information content (AvgIpc) is 2.47. The van der Waals surface area contributed by atoms with Crippen molar-refractivity contribution < 1.29 is 0 Å². The molecule has 1 aliphatic heterocycles. The van der Waals surface area contributed by atoms with Crippen molar-refractivity contribution >= 4 is 17.3 Å². The van der Waals surface area contributed by atoms with E-state index in [1.807, 2.05) is 6.07 Å². The maximum Gasteiger partial charge on any atom is 0.0471 e. The van der Waals surface area contributed by atoms with Crippen molar-refractivity contribution in [3.8, 4) is 0 Å². The summed E-state index contributed by atoms with van der Waals surface area (Å²) in [6.07, 6.45) is 6.52. The first-order chi connectivity index (χ1) is 9.77. The van der Waals surface area contributed by atoms with E-state index in [0.717, 1.165) is 18.1 Å². The molecule has 20 heavy (non-hydrogen) atoms. The number of halogens is 1. The van der Waals surface area contributed by atoms with Crippen LogP contribution in [0.3, 0.4) is 0 Å². The Bertz CT molecular complexity index is 417. The number of benzene rings is 1. The van der Waals surface area contributed by atoms with Crippen molar-refractivity contribution in [3.63, 3.8) is 0 Å². The van der Waals surface area contributed by atoms with Gasteiger partial charge in [-0.2, -0.15) is 0 Å². The van der Waals surface area contributed by atoms with Crippen LogP contribution in [-0.2, 0) is 6.54 Å². The number of piperidine rings is 1. The third-order valence-electron chi connectivity index (χ3n) is 4.20. The van der Waals surface area contributed by atoms with Crippen LogP contribution in [0.4, 0.5) is 5.69 Å². The van der Waals surface area contributed by atoms with E-state index in [1.54, 1.807) is 0 Å². The van der Waals surface area contributed by atoms with Gasteiger partial charge in [-0.25, -0.2) is 0 Å². The molecule has 1 unspecified atom stereocenters. The molecule has 1 saturated heterocycles. The van der Waals surface area contributed by atoms with Gasteiger partial charge in [0.15, 0.2) is 0 Å². The second-order valence-corrected chi connectivity index (χ2v) is 6.06. The fourth-order valence-corrected chi connectivity index (χ4v) is 3.43. The average molecular weight is 295 g/mol. The summed E-state index contributed by atoms with van der Waals surface area (Å²) in [7, 11) is 0. The fraction of sp³-hybridized carbons (Fsp3) is 0.647. The van der Waals surface area contributed by atoms with Gasteiger partial charge in [-0.1, -0.05) is 37.9 Å². The molecular weight excluding hydrogens is 268 g/mol. The Morgan fingerprint density at radius 2 is 2.15 bits per heavy atom. The highest BCUT2D eigenvalue weighted by Crippen LogP contribution is 2.33. The van der Waals surface area contributed by atoms with Crippen LogP contribution in [0.25, 0.3) is 0 Å². The first-order valence-electron chi connectivity index (χ1n) is 8.02. The molecule has 1 atom stereocenters. The number of rotatable bonds is 6. The Labute approximate surface area is 128 Å². The number of hydrogen-bond acceptors (Lipinski definition) is 2. The lowest BCUT2D eigenvalue weighted by molar-refractivity contribution is 0.433. The molecule has 1 aromatic rings. The van der Waals surface area contributed by atoms with E-state index < -0.39 is 0 Å².